The van der Waals surface area contributed by atoms with Crippen molar-refractivity contribution in [1.29, 1.82) is 0 Å². The van der Waals surface area contributed by atoms with Crippen LogP contribution in [0.1, 0.15) is 29.6 Å². The monoisotopic (exact) mass is 278 g/mol. The van der Waals surface area contributed by atoms with Crippen molar-refractivity contribution < 1.29 is 23.8 Å². The Hall–Kier alpha value is -2.04. The highest BCUT2D eigenvalue weighted by Gasteiger charge is 2.27. The number of rotatable bonds is 6. The van der Waals surface area contributed by atoms with E-state index < -0.39 is 0 Å². The molecule has 0 aromatic heterocycles. The molecular weight excluding hydrogens is 260 g/mol. The SMILES string of the molecule is COc1ccc(OC)c(C(=O)COC(=O)C2CCC2)c1. The molecule has 1 aliphatic rings. The van der Waals surface area contributed by atoms with E-state index in [9.17, 15) is 9.59 Å². The summed E-state index contributed by atoms with van der Waals surface area (Å²) in [6.07, 6.45) is 2.77. The van der Waals surface area contributed by atoms with Crippen molar-refractivity contribution in [1.82, 2.24) is 0 Å². The van der Waals surface area contributed by atoms with Crippen LogP contribution in [-0.4, -0.2) is 32.6 Å². The minimum absolute atomic E-state index is 0.0324. The van der Waals surface area contributed by atoms with Crippen LogP contribution < -0.4 is 9.47 Å². The van der Waals surface area contributed by atoms with E-state index in [0.29, 0.717) is 17.1 Å². The van der Waals surface area contributed by atoms with Crippen molar-refractivity contribution in [3.63, 3.8) is 0 Å². The van der Waals surface area contributed by atoms with Crippen LogP contribution >= 0.6 is 0 Å². The lowest BCUT2D eigenvalue weighted by molar-refractivity contribution is -0.150. The zero-order chi connectivity index (χ0) is 14.5. The summed E-state index contributed by atoms with van der Waals surface area (Å²) in [4.78, 5) is 23.7. The number of carbonyl (C=O) groups is 2. The zero-order valence-electron chi connectivity index (χ0n) is 11.7. The molecule has 0 atom stereocenters. The number of methoxy groups -OCH3 is 2. The summed E-state index contributed by atoms with van der Waals surface area (Å²) in [5.74, 6) is 0.379. The summed E-state index contributed by atoms with van der Waals surface area (Å²) in [6, 6.07) is 4.94. The predicted octanol–water partition coefficient (Wildman–Crippen LogP) is 2.23. The van der Waals surface area contributed by atoms with Gasteiger partial charge in [0.05, 0.1) is 25.7 Å². The van der Waals surface area contributed by atoms with Crippen molar-refractivity contribution >= 4 is 11.8 Å². The van der Waals surface area contributed by atoms with Gasteiger partial charge < -0.3 is 14.2 Å². The Labute approximate surface area is 117 Å². The van der Waals surface area contributed by atoms with Gasteiger partial charge in [0.25, 0.3) is 0 Å². The standard InChI is InChI=1S/C15H18O5/c1-18-11-6-7-14(19-2)12(8-11)13(16)9-20-15(17)10-4-3-5-10/h6-8,10H,3-5,9H2,1-2H3. The summed E-state index contributed by atoms with van der Waals surface area (Å²) in [5.41, 5.74) is 0.355. The van der Waals surface area contributed by atoms with Gasteiger partial charge in [0.2, 0.25) is 5.78 Å². The van der Waals surface area contributed by atoms with Gasteiger partial charge in [-0.2, -0.15) is 0 Å². The molecule has 2 rings (SSSR count). The number of esters is 1. The lowest BCUT2D eigenvalue weighted by atomic mass is 9.86. The Morgan fingerprint density at radius 2 is 1.95 bits per heavy atom. The molecule has 0 N–H and O–H groups in total. The fourth-order valence-electron chi connectivity index (χ4n) is 2.01. The second kappa shape index (κ2) is 6.41. The average Bonchev–Trinajstić information content (AvgIpc) is 2.42. The fraction of sp³-hybridized carbons (Fsp3) is 0.467. The maximum absolute atomic E-state index is 12.1. The molecule has 0 spiro atoms. The molecule has 0 bridgehead atoms. The second-order valence-electron chi connectivity index (χ2n) is 4.72. The van der Waals surface area contributed by atoms with Crippen LogP contribution in [0.2, 0.25) is 0 Å². The molecular formula is C15H18O5. The Kier molecular flexibility index (Phi) is 4.61. The Bertz CT molecular complexity index is 505. The van der Waals surface area contributed by atoms with Gasteiger partial charge >= 0.3 is 5.97 Å². The van der Waals surface area contributed by atoms with Crippen LogP contribution in [0, 0.1) is 5.92 Å². The molecule has 1 aliphatic carbocycles. The Balaban J connectivity index is 2.01. The summed E-state index contributed by atoms with van der Waals surface area (Å²) >= 11 is 0. The van der Waals surface area contributed by atoms with E-state index >= 15 is 0 Å². The Morgan fingerprint density at radius 1 is 1.20 bits per heavy atom. The molecule has 0 unspecified atom stereocenters. The second-order valence-corrected chi connectivity index (χ2v) is 4.72. The molecule has 20 heavy (non-hydrogen) atoms. The van der Waals surface area contributed by atoms with E-state index in [1.807, 2.05) is 0 Å². The third-order valence-electron chi connectivity index (χ3n) is 3.49. The summed E-state index contributed by atoms with van der Waals surface area (Å²) in [5, 5.41) is 0. The molecule has 0 heterocycles. The Morgan fingerprint density at radius 3 is 2.50 bits per heavy atom. The maximum atomic E-state index is 12.1. The van der Waals surface area contributed by atoms with Crippen molar-refractivity contribution in [2.75, 3.05) is 20.8 Å². The lowest BCUT2D eigenvalue weighted by Crippen LogP contribution is -2.26. The van der Waals surface area contributed by atoms with E-state index in [1.54, 1.807) is 18.2 Å². The fourth-order valence-corrected chi connectivity index (χ4v) is 2.01. The number of ketones is 1. The lowest BCUT2D eigenvalue weighted by Gasteiger charge is -2.22. The summed E-state index contributed by atoms with van der Waals surface area (Å²) < 4.78 is 15.3. The van der Waals surface area contributed by atoms with E-state index in [-0.39, 0.29) is 24.3 Å². The first-order chi connectivity index (χ1) is 9.65. The van der Waals surface area contributed by atoms with Gasteiger partial charge in [0, 0.05) is 0 Å². The number of hydrogen-bond acceptors (Lipinski definition) is 5. The van der Waals surface area contributed by atoms with Crippen LogP contribution in [-0.2, 0) is 9.53 Å². The number of carbonyl (C=O) groups excluding carboxylic acids is 2. The van der Waals surface area contributed by atoms with Gasteiger partial charge in [-0.25, -0.2) is 0 Å². The first-order valence-electron chi connectivity index (χ1n) is 6.57. The van der Waals surface area contributed by atoms with Crippen LogP contribution in [0.25, 0.3) is 0 Å². The first kappa shape index (κ1) is 14.4. The van der Waals surface area contributed by atoms with Crippen LogP contribution in [0.5, 0.6) is 11.5 Å². The highest BCUT2D eigenvalue weighted by atomic mass is 16.5. The molecule has 1 saturated carbocycles. The summed E-state index contributed by atoms with van der Waals surface area (Å²) in [6.45, 7) is -0.265. The molecule has 0 radical (unpaired) electrons. The third-order valence-corrected chi connectivity index (χ3v) is 3.49. The zero-order valence-corrected chi connectivity index (χ0v) is 11.7. The van der Waals surface area contributed by atoms with Gasteiger partial charge in [-0.15, -0.1) is 0 Å². The van der Waals surface area contributed by atoms with Crippen LogP contribution in [0.15, 0.2) is 18.2 Å². The first-order valence-corrected chi connectivity index (χ1v) is 6.57. The quantitative estimate of drug-likeness (QED) is 0.590. The number of benzene rings is 1. The van der Waals surface area contributed by atoms with Crippen LogP contribution in [0.3, 0.4) is 0 Å². The topological polar surface area (TPSA) is 61.8 Å². The number of Topliss-reactive ketones (excluding diaryl/α,β-unsaturated/α-hetero) is 1. The van der Waals surface area contributed by atoms with Crippen molar-refractivity contribution in [2.45, 2.75) is 19.3 Å². The van der Waals surface area contributed by atoms with E-state index in [2.05, 4.69) is 0 Å². The highest BCUT2D eigenvalue weighted by molar-refractivity contribution is 6.00. The van der Waals surface area contributed by atoms with Gasteiger partial charge in [-0.1, -0.05) is 6.42 Å². The molecule has 0 amide bonds. The smallest absolute Gasteiger partial charge is 0.309 e. The van der Waals surface area contributed by atoms with E-state index in [0.717, 1.165) is 19.3 Å². The van der Waals surface area contributed by atoms with Crippen molar-refractivity contribution in [2.24, 2.45) is 5.92 Å². The molecule has 0 saturated heterocycles. The molecule has 1 aromatic rings. The normalized spacial score (nSPS) is 14.3. The van der Waals surface area contributed by atoms with Crippen molar-refractivity contribution in [3.05, 3.63) is 23.8 Å². The average molecular weight is 278 g/mol. The highest BCUT2D eigenvalue weighted by Crippen LogP contribution is 2.28. The number of hydrogen-bond donors (Lipinski definition) is 0. The van der Waals surface area contributed by atoms with Gasteiger partial charge in [0.15, 0.2) is 6.61 Å². The van der Waals surface area contributed by atoms with Crippen molar-refractivity contribution in [3.8, 4) is 11.5 Å². The molecule has 1 fully saturated rings. The molecule has 5 heteroatoms. The minimum atomic E-state index is -0.298. The van der Waals surface area contributed by atoms with Gasteiger partial charge in [-0.3, -0.25) is 9.59 Å². The predicted molar refractivity (Wildman–Crippen MR) is 72.2 cm³/mol. The number of ether oxygens (including phenoxy) is 3. The van der Waals surface area contributed by atoms with Gasteiger partial charge in [0.1, 0.15) is 11.5 Å². The van der Waals surface area contributed by atoms with Gasteiger partial charge in [-0.05, 0) is 31.0 Å². The third kappa shape index (κ3) is 3.10. The van der Waals surface area contributed by atoms with Crippen LogP contribution in [0.4, 0.5) is 0 Å². The largest absolute Gasteiger partial charge is 0.497 e. The van der Waals surface area contributed by atoms with E-state index in [4.69, 9.17) is 14.2 Å². The summed E-state index contributed by atoms with van der Waals surface area (Å²) in [7, 11) is 3.01. The van der Waals surface area contributed by atoms with E-state index in [1.165, 1.54) is 14.2 Å². The minimum Gasteiger partial charge on any atom is -0.497 e. The maximum Gasteiger partial charge on any atom is 0.309 e. The molecule has 5 nitrogen and oxygen atoms in total. The molecule has 0 aliphatic heterocycles. The molecule has 1 aromatic carbocycles. The molecule has 108 valence electrons.